The van der Waals surface area contributed by atoms with Crippen LogP contribution in [-0.4, -0.2) is 18.5 Å². The maximum absolute atomic E-state index is 5.24. The quantitative estimate of drug-likeness (QED) is 0.405. The monoisotopic (exact) mass is 171 g/mol. The van der Waals surface area contributed by atoms with Gasteiger partial charge in [0.1, 0.15) is 0 Å². The number of rotatable bonds is 0. The van der Waals surface area contributed by atoms with Crippen LogP contribution in [-0.2, 0) is 4.74 Å². The summed E-state index contributed by atoms with van der Waals surface area (Å²) in [7, 11) is 1.68. The molecule has 0 spiro atoms. The third-order valence-corrected chi connectivity index (χ3v) is 1.27. The molecule has 0 heterocycles. The lowest BCUT2D eigenvalue weighted by molar-refractivity contribution is 0.326. The summed E-state index contributed by atoms with van der Waals surface area (Å²) in [6.45, 7) is 12.5. The first-order valence-electron chi connectivity index (χ1n) is 4.31. The third kappa shape index (κ3) is 4.37. The van der Waals surface area contributed by atoms with Crippen molar-refractivity contribution in [2.24, 2.45) is 10.4 Å². The molecule has 0 aliphatic rings. The summed E-state index contributed by atoms with van der Waals surface area (Å²) in [4.78, 5) is 4.49. The molecule has 0 N–H and O–H groups in total. The van der Waals surface area contributed by atoms with Gasteiger partial charge in [0.05, 0.1) is 12.6 Å². The molecule has 0 aliphatic carbocycles. The van der Waals surface area contributed by atoms with Crippen LogP contribution in [0.5, 0.6) is 0 Å². The molecule has 0 aromatic carbocycles. The fraction of sp³-hybridized carbons (Fsp3) is 0.900. The van der Waals surface area contributed by atoms with E-state index in [1.165, 1.54) is 0 Å². The van der Waals surface area contributed by atoms with E-state index < -0.39 is 0 Å². The fourth-order valence-corrected chi connectivity index (χ4v) is 0.824. The zero-order valence-corrected chi connectivity index (χ0v) is 9.36. The van der Waals surface area contributed by atoms with Crippen LogP contribution in [0.2, 0.25) is 0 Å². The normalized spacial score (nSPS) is 14.8. The van der Waals surface area contributed by atoms with Gasteiger partial charge in [0.15, 0.2) is 5.90 Å². The molecule has 0 fully saturated rings. The smallest absolute Gasteiger partial charge is 0.188 e. The summed E-state index contributed by atoms with van der Waals surface area (Å²) in [5.74, 6) is 0.815. The van der Waals surface area contributed by atoms with Gasteiger partial charge in [-0.25, -0.2) is 4.99 Å². The SMILES string of the molecule is CO/C(=N/C(C)(C)C)C(C)(C)C. The van der Waals surface area contributed by atoms with E-state index in [4.69, 9.17) is 4.74 Å². The molecule has 0 saturated heterocycles. The van der Waals surface area contributed by atoms with Crippen molar-refractivity contribution in [1.82, 2.24) is 0 Å². The Morgan fingerprint density at radius 2 is 1.42 bits per heavy atom. The van der Waals surface area contributed by atoms with E-state index in [2.05, 4.69) is 46.5 Å². The molecular weight excluding hydrogens is 150 g/mol. The number of aliphatic imine (C=N–C) groups is 1. The zero-order valence-electron chi connectivity index (χ0n) is 9.36. The van der Waals surface area contributed by atoms with E-state index in [-0.39, 0.29) is 11.0 Å². The molecule has 0 atom stereocenters. The number of methoxy groups -OCH3 is 1. The van der Waals surface area contributed by atoms with Gasteiger partial charge in [-0.05, 0) is 20.8 Å². The Balaban J connectivity index is 4.68. The molecule has 0 aromatic rings. The van der Waals surface area contributed by atoms with Crippen molar-refractivity contribution in [3.8, 4) is 0 Å². The van der Waals surface area contributed by atoms with Crippen molar-refractivity contribution in [3.63, 3.8) is 0 Å². The fourth-order valence-electron chi connectivity index (χ4n) is 0.824. The highest BCUT2D eigenvalue weighted by atomic mass is 16.5. The lowest BCUT2D eigenvalue weighted by Gasteiger charge is -2.23. The van der Waals surface area contributed by atoms with E-state index in [0.717, 1.165) is 5.90 Å². The maximum atomic E-state index is 5.24. The van der Waals surface area contributed by atoms with Gasteiger partial charge in [-0.2, -0.15) is 0 Å². The first-order valence-corrected chi connectivity index (χ1v) is 4.31. The van der Waals surface area contributed by atoms with Gasteiger partial charge < -0.3 is 4.74 Å². The first kappa shape index (κ1) is 11.5. The number of ether oxygens (including phenoxy) is 1. The minimum Gasteiger partial charge on any atom is -0.484 e. The number of nitrogens with zero attached hydrogens (tertiary/aromatic N) is 1. The molecule has 2 heteroatoms. The Kier molecular flexibility index (Phi) is 3.31. The Hall–Kier alpha value is -0.530. The van der Waals surface area contributed by atoms with Crippen molar-refractivity contribution in [2.75, 3.05) is 7.11 Å². The van der Waals surface area contributed by atoms with Crippen molar-refractivity contribution in [3.05, 3.63) is 0 Å². The van der Waals surface area contributed by atoms with Crippen LogP contribution in [0, 0.1) is 5.41 Å². The maximum Gasteiger partial charge on any atom is 0.188 e. The molecule has 0 rings (SSSR count). The lowest BCUT2D eigenvalue weighted by Crippen LogP contribution is -2.26. The topological polar surface area (TPSA) is 21.6 Å². The predicted molar refractivity (Wildman–Crippen MR) is 53.7 cm³/mol. The van der Waals surface area contributed by atoms with Crippen LogP contribution in [0.15, 0.2) is 4.99 Å². The largest absolute Gasteiger partial charge is 0.484 e. The van der Waals surface area contributed by atoms with Crippen LogP contribution < -0.4 is 0 Å². The van der Waals surface area contributed by atoms with E-state index >= 15 is 0 Å². The lowest BCUT2D eigenvalue weighted by atomic mass is 9.95. The summed E-state index contributed by atoms with van der Waals surface area (Å²) in [6.07, 6.45) is 0. The van der Waals surface area contributed by atoms with Crippen molar-refractivity contribution in [2.45, 2.75) is 47.1 Å². The van der Waals surface area contributed by atoms with Crippen molar-refractivity contribution in [1.29, 1.82) is 0 Å². The van der Waals surface area contributed by atoms with Gasteiger partial charge in [-0.1, -0.05) is 20.8 Å². The van der Waals surface area contributed by atoms with Crippen LogP contribution in [0.3, 0.4) is 0 Å². The second-order valence-corrected chi connectivity index (χ2v) is 5.04. The molecule has 0 saturated carbocycles. The second-order valence-electron chi connectivity index (χ2n) is 5.04. The van der Waals surface area contributed by atoms with Gasteiger partial charge in [0, 0.05) is 5.41 Å². The van der Waals surface area contributed by atoms with Gasteiger partial charge >= 0.3 is 0 Å². The minimum atomic E-state index is -0.0569. The van der Waals surface area contributed by atoms with Crippen molar-refractivity contribution >= 4 is 5.90 Å². The highest BCUT2D eigenvalue weighted by Crippen LogP contribution is 2.20. The first-order chi connectivity index (χ1) is 5.17. The molecule has 0 aromatic heterocycles. The summed E-state index contributed by atoms with van der Waals surface area (Å²) in [6, 6.07) is 0. The summed E-state index contributed by atoms with van der Waals surface area (Å²) < 4.78 is 5.24. The van der Waals surface area contributed by atoms with Gasteiger partial charge in [0.25, 0.3) is 0 Å². The van der Waals surface area contributed by atoms with Gasteiger partial charge in [0.2, 0.25) is 0 Å². The average Bonchev–Trinajstić information content (AvgIpc) is 1.78. The van der Waals surface area contributed by atoms with E-state index in [0.29, 0.717) is 0 Å². The highest BCUT2D eigenvalue weighted by molar-refractivity contribution is 5.81. The third-order valence-electron chi connectivity index (χ3n) is 1.27. The standard InChI is InChI=1S/C10H21NO/c1-9(2,3)8(12-7)11-10(4,5)6/h1-7H3/b11-8+. The van der Waals surface area contributed by atoms with E-state index in [1.54, 1.807) is 7.11 Å². The molecule has 12 heavy (non-hydrogen) atoms. The summed E-state index contributed by atoms with van der Waals surface area (Å²) >= 11 is 0. The molecule has 0 aliphatic heterocycles. The Labute approximate surface area is 76.0 Å². The molecular formula is C10H21NO. The van der Waals surface area contributed by atoms with Gasteiger partial charge in [-0.3, -0.25) is 0 Å². The Morgan fingerprint density at radius 1 is 1.00 bits per heavy atom. The van der Waals surface area contributed by atoms with Gasteiger partial charge in [-0.15, -0.1) is 0 Å². The molecule has 0 amide bonds. The second kappa shape index (κ2) is 3.46. The molecule has 0 bridgehead atoms. The van der Waals surface area contributed by atoms with Crippen molar-refractivity contribution < 1.29 is 4.74 Å². The Bertz CT molecular complexity index is 169. The predicted octanol–water partition coefficient (Wildman–Crippen LogP) is 2.88. The molecule has 72 valence electrons. The summed E-state index contributed by atoms with van der Waals surface area (Å²) in [5.41, 5.74) is -0.0549. The van der Waals surface area contributed by atoms with E-state index in [9.17, 15) is 0 Å². The summed E-state index contributed by atoms with van der Waals surface area (Å²) in [5, 5.41) is 0. The molecule has 0 radical (unpaired) electrons. The highest BCUT2D eigenvalue weighted by Gasteiger charge is 2.22. The van der Waals surface area contributed by atoms with Crippen LogP contribution in [0.4, 0.5) is 0 Å². The minimum absolute atomic E-state index is 0.00201. The number of hydrogen-bond acceptors (Lipinski definition) is 2. The van der Waals surface area contributed by atoms with Crippen LogP contribution in [0.1, 0.15) is 41.5 Å². The number of hydrogen-bond donors (Lipinski definition) is 0. The van der Waals surface area contributed by atoms with Crippen LogP contribution in [0.25, 0.3) is 0 Å². The zero-order chi connectivity index (χ0) is 9.99. The molecule has 0 unspecified atom stereocenters. The van der Waals surface area contributed by atoms with Crippen LogP contribution >= 0.6 is 0 Å². The average molecular weight is 171 g/mol. The molecule has 2 nitrogen and oxygen atoms in total. The van der Waals surface area contributed by atoms with E-state index in [1.807, 2.05) is 0 Å². The Morgan fingerprint density at radius 3 is 1.50 bits per heavy atom.